The first kappa shape index (κ1) is 35.6. The number of hydrogen-bond donors (Lipinski definition) is 1. The minimum atomic E-state index is -4.63. The summed E-state index contributed by atoms with van der Waals surface area (Å²) in [7, 11) is -3.30. The normalized spacial score (nSPS) is 11.9. The number of carbonyl (C=O) groups is 2. The molecule has 0 aliphatic carbocycles. The number of nitro benzene ring substituents is 1. The third kappa shape index (κ3) is 8.86. The van der Waals surface area contributed by atoms with Gasteiger partial charge >= 0.3 is 0 Å². The molecule has 0 fully saturated rings. The van der Waals surface area contributed by atoms with E-state index >= 15 is 0 Å². The van der Waals surface area contributed by atoms with E-state index in [2.05, 4.69) is 5.32 Å². The van der Waals surface area contributed by atoms with Crippen molar-refractivity contribution in [1.82, 2.24) is 10.2 Å². The van der Waals surface area contributed by atoms with Gasteiger partial charge < -0.3 is 15.0 Å². The van der Waals surface area contributed by atoms with E-state index in [0.717, 1.165) is 23.2 Å². The Morgan fingerprint density at radius 2 is 1.69 bits per heavy atom. The number of nitro groups is 1. The Balaban J connectivity index is 2.16. The number of nitrogens with zero attached hydrogens (tertiary/aromatic N) is 3. The Morgan fingerprint density at radius 1 is 1.02 bits per heavy atom. The lowest BCUT2D eigenvalue weighted by molar-refractivity contribution is -0.385. The number of unbranched alkanes of at least 4 members (excludes halogenated alkanes) is 1. The third-order valence-corrected chi connectivity index (χ3v) is 9.38. The van der Waals surface area contributed by atoms with Gasteiger partial charge in [0.2, 0.25) is 11.8 Å². The summed E-state index contributed by atoms with van der Waals surface area (Å²) in [5, 5.41) is 15.2. The molecule has 0 aliphatic heterocycles. The monoisotopic (exact) mass is 678 g/mol. The molecule has 2 amide bonds. The van der Waals surface area contributed by atoms with Crippen molar-refractivity contribution < 1.29 is 27.7 Å². The van der Waals surface area contributed by atoms with Gasteiger partial charge in [-0.15, -0.1) is 0 Å². The number of nitrogens with one attached hydrogen (secondary N) is 1. The number of anilines is 1. The van der Waals surface area contributed by atoms with Gasteiger partial charge in [0, 0.05) is 34.8 Å². The molecule has 0 unspecified atom stereocenters. The summed E-state index contributed by atoms with van der Waals surface area (Å²) >= 11 is 12.3. The lowest BCUT2D eigenvalue weighted by Crippen LogP contribution is -2.52. The highest BCUT2D eigenvalue weighted by molar-refractivity contribution is 7.92. The van der Waals surface area contributed by atoms with Crippen LogP contribution in [0.25, 0.3) is 0 Å². The van der Waals surface area contributed by atoms with Gasteiger partial charge in [0.05, 0.1) is 22.6 Å². The van der Waals surface area contributed by atoms with Gasteiger partial charge in [0.1, 0.15) is 18.3 Å². The average molecular weight is 680 g/mol. The van der Waals surface area contributed by atoms with Crippen LogP contribution in [0.3, 0.4) is 0 Å². The van der Waals surface area contributed by atoms with E-state index in [-0.39, 0.29) is 40.9 Å². The van der Waals surface area contributed by atoms with Crippen molar-refractivity contribution in [1.29, 1.82) is 0 Å². The minimum absolute atomic E-state index is 0.0215. The predicted octanol–water partition coefficient (Wildman–Crippen LogP) is 6.14. The first-order valence-corrected chi connectivity index (χ1v) is 16.5. The van der Waals surface area contributed by atoms with Gasteiger partial charge in [0.15, 0.2) is 0 Å². The molecule has 0 aromatic heterocycles. The lowest BCUT2D eigenvalue weighted by Gasteiger charge is -2.33. The highest BCUT2D eigenvalue weighted by Gasteiger charge is 2.35. The predicted molar refractivity (Wildman–Crippen MR) is 174 cm³/mol. The quantitative estimate of drug-likeness (QED) is 0.116. The molecule has 0 saturated carbocycles. The standard InChI is InChI=1S/C31H36Cl2N4O7S/c1-5-7-16-34-31(39)26(6-2)35(19-22-9-11-23(32)12-10-22)30(38)20-36(28-17-24(33)13-15-29(28)44-4)45(42,43)25-14-8-21(3)27(18-25)37(40)41/h8-15,17-18,26H,5-7,16,19-20H2,1-4H3,(H,34,39)/t26-/m1/s1. The van der Waals surface area contributed by atoms with Crippen LogP contribution in [0.1, 0.15) is 44.2 Å². The molecule has 3 aromatic rings. The van der Waals surface area contributed by atoms with Crippen LogP contribution < -0.4 is 14.4 Å². The maximum atomic E-state index is 14.3. The number of benzene rings is 3. The second kappa shape index (κ2) is 15.9. The molecular weight excluding hydrogens is 643 g/mol. The van der Waals surface area contributed by atoms with Crippen LogP contribution in [-0.4, -0.2) is 56.3 Å². The fourth-order valence-electron chi connectivity index (χ4n) is 4.66. The summed E-state index contributed by atoms with van der Waals surface area (Å²) < 4.78 is 34.7. The molecule has 11 nitrogen and oxygen atoms in total. The molecule has 0 bridgehead atoms. The van der Waals surface area contributed by atoms with Crippen LogP contribution in [0.4, 0.5) is 11.4 Å². The van der Waals surface area contributed by atoms with Gasteiger partial charge in [0.25, 0.3) is 15.7 Å². The lowest BCUT2D eigenvalue weighted by atomic mass is 10.1. The summed E-state index contributed by atoms with van der Waals surface area (Å²) in [6.45, 7) is 4.86. The molecule has 0 radical (unpaired) electrons. The topological polar surface area (TPSA) is 139 Å². The van der Waals surface area contributed by atoms with Crippen LogP contribution in [0.2, 0.25) is 10.0 Å². The van der Waals surface area contributed by atoms with Crippen molar-refractivity contribution >= 4 is 56.4 Å². The maximum absolute atomic E-state index is 14.3. The molecule has 1 atom stereocenters. The Morgan fingerprint density at radius 3 is 2.29 bits per heavy atom. The summed E-state index contributed by atoms with van der Waals surface area (Å²) in [5.41, 5.74) is 0.459. The number of amides is 2. The first-order chi connectivity index (χ1) is 21.3. The fourth-order valence-corrected chi connectivity index (χ4v) is 6.39. The summed E-state index contributed by atoms with van der Waals surface area (Å²) in [6.07, 6.45) is 1.85. The molecule has 14 heteroatoms. The summed E-state index contributed by atoms with van der Waals surface area (Å²) in [6, 6.07) is 13.6. The minimum Gasteiger partial charge on any atom is -0.495 e. The van der Waals surface area contributed by atoms with Gasteiger partial charge in [-0.2, -0.15) is 0 Å². The van der Waals surface area contributed by atoms with E-state index < -0.39 is 44.0 Å². The second-order valence-corrected chi connectivity index (χ2v) is 13.0. The highest BCUT2D eigenvalue weighted by Crippen LogP contribution is 2.36. The smallest absolute Gasteiger partial charge is 0.273 e. The molecule has 3 rings (SSSR count). The summed E-state index contributed by atoms with van der Waals surface area (Å²) in [5.74, 6) is -0.988. The Kier molecular flexibility index (Phi) is 12.6. The van der Waals surface area contributed by atoms with Crippen LogP contribution in [0.5, 0.6) is 5.75 Å². The SMILES string of the molecule is CCCCNC(=O)[C@@H](CC)N(Cc1ccc(Cl)cc1)C(=O)CN(c1cc(Cl)ccc1OC)S(=O)(=O)c1ccc(C)c([N+](=O)[O-])c1. The Hall–Kier alpha value is -3.87. The number of sulfonamides is 1. The number of halogens is 2. The maximum Gasteiger partial charge on any atom is 0.273 e. The van der Waals surface area contributed by atoms with E-state index in [1.807, 2.05) is 6.92 Å². The molecule has 0 spiro atoms. The largest absolute Gasteiger partial charge is 0.495 e. The molecule has 242 valence electrons. The number of aryl methyl sites for hydroxylation is 1. The Labute approximate surface area is 273 Å². The van der Waals surface area contributed by atoms with Gasteiger partial charge in [-0.3, -0.25) is 24.0 Å². The van der Waals surface area contributed by atoms with Crippen molar-refractivity contribution in [2.75, 3.05) is 24.5 Å². The van der Waals surface area contributed by atoms with Crippen LogP contribution in [-0.2, 0) is 26.2 Å². The number of ether oxygens (including phenoxy) is 1. The van der Waals surface area contributed by atoms with E-state index in [1.165, 1.54) is 49.3 Å². The number of methoxy groups -OCH3 is 1. The van der Waals surface area contributed by atoms with Crippen molar-refractivity contribution in [2.45, 2.75) is 57.5 Å². The zero-order valence-corrected chi connectivity index (χ0v) is 27.8. The van der Waals surface area contributed by atoms with Crippen LogP contribution in [0.15, 0.2) is 65.6 Å². The third-order valence-electron chi connectivity index (χ3n) is 7.14. The highest BCUT2D eigenvalue weighted by atomic mass is 35.5. The average Bonchev–Trinajstić information content (AvgIpc) is 3.00. The van der Waals surface area contributed by atoms with E-state index in [4.69, 9.17) is 27.9 Å². The fraction of sp³-hybridized carbons (Fsp3) is 0.355. The van der Waals surface area contributed by atoms with Crippen LogP contribution >= 0.6 is 23.2 Å². The molecule has 0 heterocycles. The van der Waals surface area contributed by atoms with E-state index in [9.17, 15) is 28.1 Å². The van der Waals surface area contributed by atoms with Crippen molar-refractivity contribution in [3.8, 4) is 5.75 Å². The van der Waals surface area contributed by atoms with Gasteiger partial charge in [-0.1, -0.05) is 61.7 Å². The zero-order chi connectivity index (χ0) is 33.3. The number of hydrogen-bond acceptors (Lipinski definition) is 7. The molecule has 0 saturated heterocycles. The molecule has 45 heavy (non-hydrogen) atoms. The van der Waals surface area contributed by atoms with E-state index in [1.54, 1.807) is 31.2 Å². The number of carbonyl (C=O) groups excluding carboxylic acids is 2. The molecule has 3 aromatic carbocycles. The van der Waals surface area contributed by atoms with Crippen molar-refractivity contribution in [2.24, 2.45) is 0 Å². The van der Waals surface area contributed by atoms with Gasteiger partial charge in [-0.25, -0.2) is 8.42 Å². The van der Waals surface area contributed by atoms with E-state index in [0.29, 0.717) is 17.1 Å². The first-order valence-electron chi connectivity index (χ1n) is 14.3. The van der Waals surface area contributed by atoms with Crippen molar-refractivity contribution in [3.63, 3.8) is 0 Å². The van der Waals surface area contributed by atoms with Gasteiger partial charge in [-0.05, 0) is 61.7 Å². The van der Waals surface area contributed by atoms with Crippen molar-refractivity contribution in [3.05, 3.63) is 92.0 Å². The number of rotatable bonds is 15. The summed E-state index contributed by atoms with van der Waals surface area (Å²) in [4.78, 5) is 39.5. The zero-order valence-electron chi connectivity index (χ0n) is 25.5. The van der Waals surface area contributed by atoms with Crippen LogP contribution in [0, 0.1) is 17.0 Å². The molecule has 0 aliphatic rings. The molecular formula is C31H36Cl2N4O7S. The Bertz CT molecular complexity index is 1640. The molecule has 1 N–H and O–H groups in total. The second-order valence-electron chi connectivity index (χ2n) is 10.2.